The predicted octanol–water partition coefficient (Wildman–Crippen LogP) is 4.01. The quantitative estimate of drug-likeness (QED) is 0.345. The summed E-state index contributed by atoms with van der Waals surface area (Å²) in [6.45, 7) is 8.28. The maximum absolute atomic E-state index is 6.07. The maximum atomic E-state index is 6.07. The molecule has 2 nitrogen and oxygen atoms in total. The maximum Gasteiger partial charge on any atom is 0.338 e. The van der Waals surface area contributed by atoms with Crippen LogP contribution in [0.25, 0.3) is 0 Å². The third-order valence-corrected chi connectivity index (χ3v) is 6.95. The molecule has 0 aliphatic heterocycles. The van der Waals surface area contributed by atoms with E-state index < -0.39 is 8.56 Å². The highest BCUT2D eigenvalue weighted by molar-refractivity contribution is 7.80. The van der Waals surface area contributed by atoms with Crippen molar-refractivity contribution in [2.45, 2.75) is 58.5 Å². The summed E-state index contributed by atoms with van der Waals surface area (Å²) in [5, 5.41) is 0. The minimum Gasteiger partial charge on any atom is -0.394 e. The van der Waals surface area contributed by atoms with Gasteiger partial charge in [-0.05, 0) is 30.7 Å². The average Bonchev–Trinajstić information content (AvgIpc) is 2.29. The van der Waals surface area contributed by atoms with E-state index in [0.717, 1.165) is 43.9 Å². The Morgan fingerprint density at radius 3 is 1.75 bits per heavy atom. The summed E-state index contributed by atoms with van der Waals surface area (Å²) in [6, 6.07) is 2.06. The average molecular weight is 265 g/mol. The lowest BCUT2D eigenvalue weighted by Crippen LogP contribution is -2.42. The third-order valence-electron chi connectivity index (χ3n) is 2.76. The van der Waals surface area contributed by atoms with Crippen LogP contribution in [0.15, 0.2) is 0 Å². The lowest BCUT2D eigenvalue weighted by molar-refractivity contribution is 0.165. The molecule has 0 spiro atoms. The first-order chi connectivity index (χ1) is 7.74. The summed E-state index contributed by atoms with van der Waals surface area (Å²) >= 11 is 4.33. The molecule has 0 aliphatic carbocycles. The summed E-state index contributed by atoms with van der Waals surface area (Å²) < 4.78 is 12.1. The fourth-order valence-corrected chi connectivity index (χ4v) is 5.07. The molecule has 0 bridgehead atoms. The van der Waals surface area contributed by atoms with Crippen LogP contribution >= 0.6 is 12.6 Å². The summed E-state index contributed by atoms with van der Waals surface area (Å²) in [4.78, 5) is 0. The molecule has 0 radical (unpaired) electrons. The molecule has 98 valence electrons. The van der Waals surface area contributed by atoms with Crippen LogP contribution < -0.4 is 0 Å². The molecule has 0 saturated heterocycles. The van der Waals surface area contributed by atoms with E-state index in [9.17, 15) is 0 Å². The number of unbranched alkanes of at least 4 members (excludes halogenated alkanes) is 2. The van der Waals surface area contributed by atoms with Crippen molar-refractivity contribution in [1.82, 2.24) is 0 Å². The van der Waals surface area contributed by atoms with Gasteiger partial charge >= 0.3 is 8.56 Å². The molecular formula is C12H28O2SSi. The fraction of sp³-hybridized carbons (Fsp3) is 1.00. The first kappa shape index (κ1) is 16.5. The Morgan fingerprint density at radius 1 is 0.938 bits per heavy atom. The van der Waals surface area contributed by atoms with Crippen molar-refractivity contribution in [3.63, 3.8) is 0 Å². The molecule has 16 heavy (non-hydrogen) atoms. The Morgan fingerprint density at radius 2 is 1.44 bits per heavy atom. The van der Waals surface area contributed by atoms with Crippen molar-refractivity contribution < 1.29 is 8.85 Å². The van der Waals surface area contributed by atoms with Crippen LogP contribution in [0.4, 0.5) is 0 Å². The molecule has 0 aromatic rings. The fourth-order valence-electron chi connectivity index (χ4n) is 1.54. The van der Waals surface area contributed by atoms with Gasteiger partial charge in [0.15, 0.2) is 0 Å². The Balaban J connectivity index is 4.09. The summed E-state index contributed by atoms with van der Waals surface area (Å²) in [7, 11) is -1.92. The van der Waals surface area contributed by atoms with E-state index in [2.05, 4.69) is 33.4 Å². The van der Waals surface area contributed by atoms with E-state index in [1.807, 2.05) is 0 Å². The van der Waals surface area contributed by atoms with Crippen LogP contribution in [-0.4, -0.2) is 27.5 Å². The van der Waals surface area contributed by atoms with E-state index >= 15 is 0 Å². The van der Waals surface area contributed by atoms with Crippen LogP contribution in [0.3, 0.4) is 0 Å². The van der Waals surface area contributed by atoms with Crippen LogP contribution in [0.5, 0.6) is 0 Å². The molecule has 0 rings (SSSR count). The number of hydrogen-bond acceptors (Lipinski definition) is 3. The van der Waals surface area contributed by atoms with E-state index in [-0.39, 0.29) is 0 Å². The second-order valence-corrected chi connectivity index (χ2v) is 8.19. The van der Waals surface area contributed by atoms with Gasteiger partial charge in [-0.3, -0.25) is 0 Å². The van der Waals surface area contributed by atoms with Crippen LogP contribution in [0, 0.1) is 0 Å². The van der Waals surface area contributed by atoms with Crippen molar-refractivity contribution in [3.8, 4) is 0 Å². The molecular weight excluding hydrogens is 236 g/mol. The normalized spacial score (nSPS) is 12.0. The van der Waals surface area contributed by atoms with E-state index in [1.165, 1.54) is 12.8 Å². The molecule has 0 aliphatic rings. The van der Waals surface area contributed by atoms with Gasteiger partial charge in [-0.1, -0.05) is 33.6 Å². The lowest BCUT2D eigenvalue weighted by atomic mass is 10.4. The molecule has 0 atom stereocenters. The highest BCUT2D eigenvalue weighted by Crippen LogP contribution is 2.20. The second-order valence-electron chi connectivity index (χ2n) is 4.14. The van der Waals surface area contributed by atoms with Gasteiger partial charge in [0.25, 0.3) is 0 Å². The first-order valence-corrected chi connectivity index (χ1v) is 9.49. The highest BCUT2D eigenvalue weighted by Gasteiger charge is 2.34. The lowest BCUT2D eigenvalue weighted by Gasteiger charge is -2.29. The van der Waals surface area contributed by atoms with Crippen molar-refractivity contribution in [3.05, 3.63) is 0 Å². The van der Waals surface area contributed by atoms with Gasteiger partial charge in [0.05, 0.1) is 0 Å². The molecule has 0 amide bonds. The van der Waals surface area contributed by atoms with Gasteiger partial charge in [-0.2, -0.15) is 12.6 Å². The number of hydrogen-bond donors (Lipinski definition) is 1. The number of rotatable bonds is 11. The first-order valence-electron chi connectivity index (χ1n) is 6.63. The minimum absolute atomic E-state index is 0.858. The van der Waals surface area contributed by atoms with E-state index in [1.54, 1.807) is 0 Å². The topological polar surface area (TPSA) is 18.5 Å². The zero-order valence-corrected chi connectivity index (χ0v) is 13.0. The molecule has 0 heterocycles. The number of thiol groups is 1. The second kappa shape index (κ2) is 10.6. The van der Waals surface area contributed by atoms with Crippen molar-refractivity contribution in [2.75, 3.05) is 19.0 Å². The monoisotopic (exact) mass is 264 g/mol. The summed E-state index contributed by atoms with van der Waals surface area (Å²) in [6.07, 6.45) is 4.64. The van der Waals surface area contributed by atoms with Crippen molar-refractivity contribution in [1.29, 1.82) is 0 Å². The largest absolute Gasteiger partial charge is 0.394 e. The van der Waals surface area contributed by atoms with Gasteiger partial charge in [-0.25, -0.2) is 0 Å². The molecule has 0 aromatic carbocycles. The minimum atomic E-state index is -1.92. The Labute approximate surface area is 108 Å². The Hall–Kier alpha value is 0.487. The molecule has 0 N–H and O–H groups in total. The van der Waals surface area contributed by atoms with Crippen LogP contribution in [0.1, 0.15) is 46.5 Å². The summed E-state index contributed by atoms with van der Waals surface area (Å²) in [5.74, 6) is 0.873. The van der Waals surface area contributed by atoms with Crippen molar-refractivity contribution >= 4 is 21.2 Å². The van der Waals surface area contributed by atoms with Gasteiger partial charge in [-0.15, -0.1) is 0 Å². The van der Waals surface area contributed by atoms with Crippen LogP contribution in [-0.2, 0) is 8.85 Å². The van der Waals surface area contributed by atoms with Gasteiger partial charge < -0.3 is 8.85 Å². The van der Waals surface area contributed by atoms with Crippen molar-refractivity contribution in [2.24, 2.45) is 0 Å². The summed E-state index contributed by atoms with van der Waals surface area (Å²) in [5.41, 5.74) is 0. The van der Waals surface area contributed by atoms with Gasteiger partial charge in [0, 0.05) is 13.2 Å². The smallest absolute Gasteiger partial charge is 0.338 e. The Bertz CT molecular complexity index is 146. The predicted molar refractivity (Wildman–Crippen MR) is 76.6 cm³/mol. The highest BCUT2D eigenvalue weighted by atomic mass is 32.1. The SMILES string of the molecule is CCCCO[Si](CC)(CCS)OCCCC. The molecule has 0 saturated carbocycles. The van der Waals surface area contributed by atoms with E-state index in [0.29, 0.717) is 0 Å². The zero-order valence-electron chi connectivity index (χ0n) is 11.1. The van der Waals surface area contributed by atoms with Gasteiger partial charge in [0.2, 0.25) is 0 Å². The zero-order chi connectivity index (χ0) is 12.3. The van der Waals surface area contributed by atoms with Gasteiger partial charge in [0.1, 0.15) is 0 Å². The molecule has 4 heteroatoms. The van der Waals surface area contributed by atoms with E-state index in [4.69, 9.17) is 8.85 Å². The molecule has 0 aromatic heterocycles. The standard InChI is InChI=1S/C12H28O2SSi/c1-4-7-9-13-16(6-3,12-11-15)14-10-8-5-2/h15H,4-12H2,1-3H3. The molecule has 0 fully saturated rings. The van der Waals surface area contributed by atoms with Crippen LogP contribution in [0.2, 0.25) is 12.1 Å². The molecule has 0 unspecified atom stereocenters. The Kier molecular flexibility index (Phi) is 11.0. The third kappa shape index (κ3) is 6.94.